The largest absolute Gasteiger partial charge is 0.485 e. The van der Waals surface area contributed by atoms with Crippen LogP contribution in [0.3, 0.4) is 0 Å². The van der Waals surface area contributed by atoms with E-state index in [1.165, 1.54) is 50.5 Å². The van der Waals surface area contributed by atoms with Crippen LogP contribution in [0.25, 0.3) is 17.6 Å². The first-order valence-electron chi connectivity index (χ1n) is 13.5. The number of aryl methyl sites for hydroxylation is 1. The van der Waals surface area contributed by atoms with E-state index in [0.717, 1.165) is 9.13 Å². The van der Waals surface area contributed by atoms with E-state index in [0.29, 0.717) is 37.1 Å². The van der Waals surface area contributed by atoms with Crippen molar-refractivity contribution in [2.45, 2.75) is 45.3 Å². The molecule has 41 heavy (non-hydrogen) atoms. The summed E-state index contributed by atoms with van der Waals surface area (Å²) >= 11 is 6.35. The fourth-order valence-electron chi connectivity index (χ4n) is 4.44. The molecule has 12 heteroatoms. The van der Waals surface area contributed by atoms with Gasteiger partial charge < -0.3 is 9.84 Å². The monoisotopic (exact) mass is 586 g/mol. The third kappa shape index (κ3) is 5.42. The first kappa shape index (κ1) is 25.7. The zero-order chi connectivity index (χ0) is 31.3. The van der Waals surface area contributed by atoms with Gasteiger partial charge in [-0.05, 0) is 56.9 Å². The summed E-state index contributed by atoms with van der Waals surface area (Å²) in [7, 11) is 0. The van der Waals surface area contributed by atoms with Gasteiger partial charge in [-0.25, -0.2) is 18.2 Å². The van der Waals surface area contributed by atoms with E-state index in [1.54, 1.807) is 6.08 Å². The van der Waals surface area contributed by atoms with Crippen molar-refractivity contribution in [3.63, 3.8) is 0 Å². The molecule has 5 heterocycles. The van der Waals surface area contributed by atoms with Gasteiger partial charge in [-0.2, -0.15) is 0 Å². The van der Waals surface area contributed by atoms with Crippen LogP contribution in [0.5, 0.6) is 5.75 Å². The molecule has 0 aromatic carbocycles. The van der Waals surface area contributed by atoms with Crippen LogP contribution in [0.4, 0.5) is 13.2 Å². The van der Waals surface area contributed by atoms with E-state index in [1.807, 2.05) is 0 Å². The van der Waals surface area contributed by atoms with Gasteiger partial charge in [0.1, 0.15) is 28.8 Å². The number of fused-ring (bicyclic) bond motifs is 3. The second-order valence-electron chi connectivity index (χ2n) is 9.80. The van der Waals surface area contributed by atoms with E-state index in [2.05, 4.69) is 9.97 Å². The average molecular weight is 587 g/mol. The molecule has 0 amide bonds. The number of aromatic nitrogens is 4. The lowest BCUT2D eigenvalue weighted by molar-refractivity contribution is 0.0767. The maximum Gasteiger partial charge on any atom is 0.278 e. The summed E-state index contributed by atoms with van der Waals surface area (Å²) in [6.45, 7) is -0.162. The summed E-state index contributed by atoms with van der Waals surface area (Å²) < 4.78 is 67.8. The molecular weight excluding hydrogens is 561 g/mol. The van der Waals surface area contributed by atoms with E-state index in [9.17, 15) is 23.5 Å². The highest BCUT2D eigenvalue weighted by molar-refractivity contribution is 6.31. The zero-order valence-corrected chi connectivity index (χ0v) is 22.5. The Labute approximate surface area is 239 Å². The van der Waals surface area contributed by atoms with Gasteiger partial charge in [-0.15, -0.1) is 0 Å². The highest BCUT2D eigenvalue weighted by Gasteiger charge is 2.26. The number of allylic oxidation sites excluding steroid dienone is 1. The Balaban J connectivity index is 1.71. The van der Waals surface area contributed by atoms with Crippen LogP contribution < -0.4 is 15.9 Å². The quantitative estimate of drug-likeness (QED) is 0.353. The van der Waals surface area contributed by atoms with Crippen molar-refractivity contribution in [1.29, 1.82) is 0 Å². The summed E-state index contributed by atoms with van der Waals surface area (Å²) in [6.07, 6.45) is 7.82. The number of halogens is 4. The van der Waals surface area contributed by atoms with Crippen LogP contribution in [-0.2, 0) is 18.6 Å². The van der Waals surface area contributed by atoms with Crippen molar-refractivity contribution in [1.82, 2.24) is 19.1 Å². The van der Waals surface area contributed by atoms with Gasteiger partial charge in [0.25, 0.3) is 11.1 Å². The van der Waals surface area contributed by atoms with Gasteiger partial charge in [-0.1, -0.05) is 17.7 Å². The highest BCUT2D eigenvalue weighted by Crippen LogP contribution is 2.31. The van der Waals surface area contributed by atoms with Gasteiger partial charge in [-0.3, -0.25) is 23.7 Å². The van der Waals surface area contributed by atoms with E-state index < -0.39 is 63.0 Å². The number of pyridine rings is 4. The van der Waals surface area contributed by atoms with Crippen LogP contribution in [0.1, 0.15) is 51.9 Å². The molecule has 0 atom stereocenters. The highest BCUT2D eigenvalue weighted by atomic mass is 35.5. The van der Waals surface area contributed by atoms with Crippen molar-refractivity contribution in [2.24, 2.45) is 0 Å². The maximum absolute atomic E-state index is 16.5. The molecule has 212 valence electrons. The van der Waals surface area contributed by atoms with Gasteiger partial charge >= 0.3 is 0 Å². The molecule has 0 aliphatic carbocycles. The molecule has 5 rings (SSSR count). The smallest absolute Gasteiger partial charge is 0.278 e. The summed E-state index contributed by atoms with van der Waals surface area (Å²) in [5.74, 6) is -4.30. The fourth-order valence-corrected chi connectivity index (χ4v) is 4.62. The summed E-state index contributed by atoms with van der Waals surface area (Å²) in [4.78, 5) is 34.6. The number of rotatable bonds is 5. The minimum atomic E-state index is -2.98. The minimum Gasteiger partial charge on any atom is -0.485 e. The molecule has 4 aromatic heterocycles. The second kappa shape index (κ2) is 11.0. The maximum atomic E-state index is 16.5. The summed E-state index contributed by atoms with van der Waals surface area (Å²) in [5, 5.41) is 9.77. The Hall–Kier alpha value is -4.22. The van der Waals surface area contributed by atoms with Crippen molar-refractivity contribution >= 4 is 17.7 Å². The van der Waals surface area contributed by atoms with Crippen molar-refractivity contribution in [3.05, 3.63) is 115 Å². The molecule has 0 bridgehead atoms. The lowest BCUT2D eigenvalue weighted by Crippen LogP contribution is -2.32. The Morgan fingerprint density at radius 1 is 1.17 bits per heavy atom. The number of aliphatic hydroxyl groups is 1. The number of hydrogen-bond donors (Lipinski definition) is 1. The molecule has 0 saturated carbocycles. The summed E-state index contributed by atoms with van der Waals surface area (Å²) in [6, 6.07) is 4.47. The molecule has 0 spiro atoms. The number of nitrogens with zero attached hydrogens (tertiary/aromatic N) is 4. The first-order chi connectivity index (χ1) is 20.2. The van der Waals surface area contributed by atoms with Crippen LogP contribution in [0, 0.1) is 17.5 Å². The van der Waals surface area contributed by atoms with Gasteiger partial charge in [0, 0.05) is 30.1 Å². The van der Waals surface area contributed by atoms with E-state index in [-0.39, 0.29) is 16.9 Å². The predicted octanol–water partition coefficient (Wildman–Crippen LogP) is 5.01. The van der Waals surface area contributed by atoms with Gasteiger partial charge in [0.15, 0.2) is 17.5 Å². The number of ether oxygens (including phenoxy) is 1. The molecule has 0 unspecified atom stereocenters. The van der Waals surface area contributed by atoms with E-state index >= 15 is 4.39 Å². The first-order valence-corrected chi connectivity index (χ1v) is 12.8. The molecule has 0 radical (unpaired) electrons. The molecular formula is C29H24ClF3N4O4. The van der Waals surface area contributed by atoms with Crippen LogP contribution >= 0.6 is 11.6 Å². The standard InChI is InChI=1S/C29H24ClF3N4O4/c1-29(2,40)19-9-6-10-36(27(19)38)26-24(33)25-16(13-35-26)7-4-3-5-8-18-12-22(23(30)28(39)37(18)25)41-15-21-20(32)11-17(31)14-34-21/h5-6,8-14,40H,3-4,7,15H2,1-2H3/b8-5+/i15D2. The Bertz CT molecular complexity index is 1900. The predicted molar refractivity (Wildman–Crippen MR) is 146 cm³/mol. The van der Waals surface area contributed by atoms with Gasteiger partial charge in [0.05, 0.1) is 25.9 Å². The van der Waals surface area contributed by atoms with Crippen molar-refractivity contribution < 1.29 is 25.8 Å². The van der Waals surface area contributed by atoms with Crippen LogP contribution in [0.2, 0.25) is 5.02 Å². The Morgan fingerprint density at radius 3 is 2.68 bits per heavy atom. The fraction of sp³-hybridized carbons (Fsp3) is 0.241. The lowest BCUT2D eigenvalue weighted by atomic mass is 10.0. The Morgan fingerprint density at radius 2 is 1.95 bits per heavy atom. The van der Waals surface area contributed by atoms with Crippen LogP contribution in [-0.4, -0.2) is 24.2 Å². The minimum absolute atomic E-state index is 0.00793. The average Bonchev–Trinajstić information content (AvgIpc) is 3.00. The molecule has 8 nitrogen and oxygen atoms in total. The molecule has 4 aromatic rings. The van der Waals surface area contributed by atoms with Crippen LogP contribution in [0.15, 0.2) is 58.5 Å². The molecule has 1 N–H and O–H groups in total. The topological polar surface area (TPSA) is 99.2 Å². The SMILES string of the molecule is [2H]C([2H])(Oc1cc2n(c(=O)c1Cl)-c1c(cnc(-n3cccc(C(C)(C)O)c3=O)c1F)CCC/C=C/2)c1ncc(F)cc1F. The van der Waals surface area contributed by atoms with Crippen molar-refractivity contribution in [2.75, 3.05) is 0 Å². The van der Waals surface area contributed by atoms with E-state index in [4.69, 9.17) is 19.1 Å². The second-order valence-corrected chi connectivity index (χ2v) is 10.2. The third-order valence-corrected chi connectivity index (χ3v) is 6.77. The normalized spacial score (nSPS) is 15.0. The molecule has 1 aliphatic rings. The third-order valence-electron chi connectivity index (χ3n) is 6.42. The summed E-state index contributed by atoms with van der Waals surface area (Å²) in [5.41, 5.74) is -4.02. The zero-order valence-electron chi connectivity index (χ0n) is 23.8. The molecule has 0 fully saturated rings. The number of hydrogen-bond acceptors (Lipinski definition) is 6. The lowest BCUT2D eigenvalue weighted by Gasteiger charge is -2.20. The Kier molecular flexibility index (Phi) is 6.89. The molecule has 0 saturated heterocycles. The van der Waals surface area contributed by atoms with Crippen molar-refractivity contribution in [3.8, 4) is 17.3 Å². The van der Waals surface area contributed by atoms with Gasteiger partial charge in [0.2, 0.25) is 0 Å². The molecule has 1 aliphatic heterocycles.